The highest BCUT2D eigenvalue weighted by Gasteiger charge is 2.56. The van der Waals surface area contributed by atoms with Gasteiger partial charge in [-0.3, -0.25) is 4.79 Å². The molecule has 4 saturated carbocycles. The molecule has 0 saturated heterocycles. The van der Waals surface area contributed by atoms with Gasteiger partial charge >= 0.3 is 0 Å². The van der Waals surface area contributed by atoms with Crippen molar-refractivity contribution in [2.75, 3.05) is 6.54 Å². The van der Waals surface area contributed by atoms with Gasteiger partial charge in [-0.2, -0.15) is 0 Å². The molecule has 1 aromatic rings. The zero-order chi connectivity index (χ0) is 15.3. The number of carbonyl (C=O) groups excluding carboxylic acids is 1. The molecule has 4 aliphatic carbocycles. The Labute approximate surface area is 131 Å². The molecule has 120 valence electrons. The van der Waals surface area contributed by atoms with E-state index in [1.165, 1.54) is 6.42 Å². The van der Waals surface area contributed by atoms with E-state index < -0.39 is 5.60 Å². The molecule has 5 rings (SSSR count). The summed E-state index contributed by atoms with van der Waals surface area (Å²) in [7, 11) is 0. The van der Waals surface area contributed by atoms with E-state index in [1.54, 1.807) is 0 Å². The van der Waals surface area contributed by atoms with E-state index in [2.05, 4.69) is 17.2 Å². The van der Waals surface area contributed by atoms with Gasteiger partial charge in [0.2, 0.25) is 0 Å². The number of aryl methyl sites for hydroxylation is 1. The fourth-order valence-corrected chi connectivity index (χ4v) is 5.39. The van der Waals surface area contributed by atoms with Gasteiger partial charge in [-0.15, -0.1) is 0 Å². The van der Waals surface area contributed by atoms with Crippen molar-refractivity contribution in [3.8, 4) is 0 Å². The number of hydrogen-bond donors (Lipinski definition) is 3. The lowest BCUT2D eigenvalue weighted by molar-refractivity contribution is -0.168. The summed E-state index contributed by atoms with van der Waals surface area (Å²) in [5, 5.41) is 14.2. The monoisotopic (exact) mass is 302 g/mol. The number of rotatable bonds is 4. The molecule has 1 amide bonds. The van der Waals surface area contributed by atoms with Crippen LogP contribution in [0.25, 0.3) is 0 Å². The van der Waals surface area contributed by atoms with Gasteiger partial charge in [-0.1, -0.05) is 6.92 Å². The van der Waals surface area contributed by atoms with Crippen molar-refractivity contribution in [3.05, 3.63) is 23.5 Å². The van der Waals surface area contributed by atoms with Crippen LogP contribution in [-0.2, 0) is 6.42 Å². The molecular formula is C18H26N2O2. The minimum atomic E-state index is -0.677. The molecule has 1 aromatic heterocycles. The lowest BCUT2D eigenvalue weighted by Crippen LogP contribution is -2.62. The maximum atomic E-state index is 12.3. The van der Waals surface area contributed by atoms with E-state index in [-0.39, 0.29) is 5.91 Å². The number of aromatic nitrogens is 1. The van der Waals surface area contributed by atoms with Crippen LogP contribution in [0.1, 0.15) is 55.2 Å². The fraction of sp³-hybridized carbons (Fsp3) is 0.722. The van der Waals surface area contributed by atoms with Crippen molar-refractivity contribution in [1.82, 2.24) is 10.3 Å². The minimum Gasteiger partial charge on any atom is -0.387 e. The van der Waals surface area contributed by atoms with Crippen molar-refractivity contribution >= 4 is 5.91 Å². The molecule has 0 atom stereocenters. The fourth-order valence-electron chi connectivity index (χ4n) is 5.39. The summed E-state index contributed by atoms with van der Waals surface area (Å²) in [6, 6.07) is 3.78. The summed E-state index contributed by atoms with van der Waals surface area (Å²) in [5.41, 5.74) is 0.992. The second kappa shape index (κ2) is 5.12. The van der Waals surface area contributed by atoms with E-state index >= 15 is 0 Å². The first-order valence-corrected chi connectivity index (χ1v) is 8.77. The third-order valence-corrected chi connectivity index (χ3v) is 6.46. The normalized spacial score (nSPS) is 39.2. The summed E-state index contributed by atoms with van der Waals surface area (Å²) in [6.45, 7) is 2.46. The molecular weight excluding hydrogens is 276 g/mol. The number of aliphatic hydroxyl groups is 1. The van der Waals surface area contributed by atoms with E-state index in [0.717, 1.165) is 49.6 Å². The Morgan fingerprint density at radius 3 is 2.41 bits per heavy atom. The van der Waals surface area contributed by atoms with Gasteiger partial charge in [0, 0.05) is 12.2 Å². The van der Waals surface area contributed by atoms with Gasteiger partial charge in [0.25, 0.3) is 5.91 Å². The van der Waals surface area contributed by atoms with Crippen LogP contribution in [0.3, 0.4) is 0 Å². The summed E-state index contributed by atoms with van der Waals surface area (Å²) < 4.78 is 0. The smallest absolute Gasteiger partial charge is 0.267 e. The molecule has 4 heteroatoms. The van der Waals surface area contributed by atoms with E-state index in [4.69, 9.17) is 0 Å². The molecule has 0 unspecified atom stereocenters. The van der Waals surface area contributed by atoms with Gasteiger partial charge in [-0.05, 0) is 74.3 Å². The van der Waals surface area contributed by atoms with Crippen LogP contribution in [0.5, 0.6) is 0 Å². The molecule has 1 heterocycles. The Bertz CT molecular complexity index is 549. The number of H-pyrrole nitrogens is 1. The van der Waals surface area contributed by atoms with Crippen molar-refractivity contribution in [3.63, 3.8) is 0 Å². The lowest BCUT2D eigenvalue weighted by Gasteiger charge is -2.58. The average molecular weight is 302 g/mol. The van der Waals surface area contributed by atoms with Gasteiger partial charge in [0.05, 0.1) is 5.60 Å². The van der Waals surface area contributed by atoms with E-state index in [9.17, 15) is 9.90 Å². The van der Waals surface area contributed by atoms with Gasteiger partial charge in [0.15, 0.2) is 0 Å². The summed E-state index contributed by atoms with van der Waals surface area (Å²) >= 11 is 0. The van der Waals surface area contributed by atoms with Crippen molar-refractivity contribution < 1.29 is 9.90 Å². The number of carbonyl (C=O) groups is 1. The molecule has 4 nitrogen and oxygen atoms in total. The van der Waals surface area contributed by atoms with Crippen molar-refractivity contribution in [2.24, 2.45) is 23.7 Å². The largest absolute Gasteiger partial charge is 0.387 e. The predicted molar refractivity (Wildman–Crippen MR) is 84.5 cm³/mol. The molecule has 22 heavy (non-hydrogen) atoms. The Balaban J connectivity index is 1.43. The maximum absolute atomic E-state index is 12.3. The third-order valence-electron chi connectivity index (χ3n) is 6.46. The molecule has 3 N–H and O–H groups in total. The zero-order valence-electron chi connectivity index (χ0n) is 13.3. The van der Waals surface area contributed by atoms with Crippen LogP contribution in [0.4, 0.5) is 0 Å². The second-order valence-corrected chi connectivity index (χ2v) is 7.73. The summed E-state index contributed by atoms with van der Waals surface area (Å²) in [6.07, 6.45) is 6.88. The lowest BCUT2D eigenvalue weighted by atomic mass is 9.50. The zero-order valence-corrected chi connectivity index (χ0v) is 13.3. The maximum Gasteiger partial charge on any atom is 0.267 e. The molecule has 4 aliphatic rings. The average Bonchev–Trinajstić information content (AvgIpc) is 2.99. The molecule has 0 aliphatic heterocycles. The molecule has 0 radical (unpaired) electrons. The van der Waals surface area contributed by atoms with Crippen molar-refractivity contribution in [1.29, 1.82) is 0 Å². The topological polar surface area (TPSA) is 65.1 Å². The quantitative estimate of drug-likeness (QED) is 0.800. The molecule has 0 spiro atoms. The predicted octanol–water partition coefficient (Wildman–Crippen LogP) is 2.49. The van der Waals surface area contributed by atoms with Crippen LogP contribution >= 0.6 is 0 Å². The number of hydrogen-bond acceptors (Lipinski definition) is 2. The summed E-state index contributed by atoms with van der Waals surface area (Å²) in [4.78, 5) is 15.4. The first-order valence-electron chi connectivity index (χ1n) is 8.77. The molecule has 0 aromatic carbocycles. The SMILES string of the molecule is CCc1ccc(C(=O)NCC2(O)C3CC4CC(C3)CC2C4)[nH]1. The van der Waals surface area contributed by atoms with E-state index in [0.29, 0.717) is 24.1 Å². The van der Waals surface area contributed by atoms with Crippen LogP contribution in [0, 0.1) is 23.7 Å². The number of amides is 1. The van der Waals surface area contributed by atoms with Crippen LogP contribution in [0.15, 0.2) is 12.1 Å². The van der Waals surface area contributed by atoms with Crippen LogP contribution in [-0.4, -0.2) is 28.1 Å². The summed E-state index contributed by atoms with van der Waals surface area (Å²) in [5.74, 6) is 2.34. The number of aromatic amines is 1. The highest BCUT2D eigenvalue weighted by atomic mass is 16.3. The molecule has 4 bridgehead atoms. The first-order chi connectivity index (χ1) is 10.6. The highest BCUT2D eigenvalue weighted by Crippen LogP contribution is 2.58. The van der Waals surface area contributed by atoms with E-state index in [1.807, 2.05) is 12.1 Å². The van der Waals surface area contributed by atoms with Crippen molar-refractivity contribution in [2.45, 2.75) is 51.0 Å². The van der Waals surface area contributed by atoms with Crippen LogP contribution in [0.2, 0.25) is 0 Å². The minimum absolute atomic E-state index is 0.0954. The van der Waals surface area contributed by atoms with Gasteiger partial charge in [-0.25, -0.2) is 0 Å². The number of nitrogens with one attached hydrogen (secondary N) is 2. The Hall–Kier alpha value is -1.29. The van der Waals surface area contributed by atoms with Gasteiger partial charge in [0.1, 0.15) is 5.69 Å². The highest BCUT2D eigenvalue weighted by molar-refractivity contribution is 5.92. The first kappa shape index (κ1) is 14.3. The Morgan fingerprint density at radius 2 is 1.86 bits per heavy atom. The van der Waals surface area contributed by atoms with Crippen LogP contribution < -0.4 is 5.32 Å². The standard InChI is InChI=1S/C18H26N2O2/c1-2-15-3-4-16(20-15)17(21)19-10-18(22)13-6-11-5-12(8-13)9-14(18)7-11/h3-4,11-14,20,22H,2,5-10H2,1H3,(H,19,21). The Morgan fingerprint density at radius 1 is 1.23 bits per heavy atom. The third kappa shape index (κ3) is 2.19. The van der Waals surface area contributed by atoms with Gasteiger partial charge < -0.3 is 15.4 Å². The second-order valence-electron chi connectivity index (χ2n) is 7.73. The molecule has 4 fully saturated rings. The Kier molecular flexibility index (Phi) is 3.33.